The molecule has 0 aliphatic carbocycles. The van der Waals surface area contributed by atoms with Gasteiger partial charge in [-0.15, -0.1) is 0 Å². The second-order valence-electron chi connectivity index (χ2n) is 5.81. The van der Waals surface area contributed by atoms with Gasteiger partial charge >= 0.3 is 0 Å². The Balaban J connectivity index is 2.07. The van der Waals surface area contributed by atoms with Crippen LogP contribution < -0.4 is 0 Å². The molecule has 1 aromatic carbocycles. The lowest BCUT2D eigenvalue weighted by Gasteiger charge is -2.23. The predicted molar refractivity (Wildman–Crippen MR) is 74.9 cm³/mol. The van der Waals surface area contributed by atoms with Crippen molar-refractivity contribution >= 4 is 5.78 Å². The van der Waals surface area contributed by atoms with Crippen molar-refractivity contribution in [1.82, 2.24) is 4.90 Å². The lowest BCUT2D eigenvalue weighted by atomic mass is 10.0. The summed E-state index contributed by atoms with van der Waals surface area (Å²) in [6.07, 6.45) is 0. The van der Waals surface area contributed by atoms with Crippen LogP contribution in [0.2, 0.25) is 0 Å². The number of rotatable bonds is 3. The van der Waals surface area contributed by atoms with Crippen molar-refractivity contribution in [3.63, 3.8) is 0 Å². The van der Waals surface area contributed by atoms with Gasteiger partial charge in [-0.1, -0.05) is 43.7 Å². The SMILES string of the molecule is Cc1ccc(C(=O)C(C)N2CC(C)C(C)C2)cc1. The van der Waals surface area contributed by atoms with Crippen molar-refractivity contribution in [3.05, 3.63) is 35.4 Å². The summed E-state index contributed by atoms with van der Waals surface area (Å²) in [5.74, 6) is 1.63. The van der Waals surface area contributed by atoms with Gasteiger partial charge in [0.05, 0.1) is 6.04 Å². The van der Waals surface area contributed by atoms with E-state index in [0.29, 0.717) is 11.8 Å². The zero-order valence-electron chi connectivity index (χ0n) is 11.8. The van der Waals surface area contributed by atoms with Crippen molar-refractivity contribution in [3.8, 4) is 0 Å². The molecule has 3 atom stereocenters. The Labute approximate surface area is 110 Å². The maximum absolute atomic E-state index is 12.4. The molecule has 98 valence electrons. The van der Waals surface area contributed by atoms with Crippen LogP contribution in [-0.4, -0.2) is 29.8 Å². The van der Waals surface area contributed by atoms with E-state index in [-0.39, 0.29) is 11.8 Å². The van der Waals surface area contributed by atoms with Crippen molar-refractivity contribution in [2.75, 3.05) is 13.1 Å². The quantitative estimate of drug-likeness (QED) is 0.762. The molecule has 1 aliphatic rings. The van der Waals surface area contributed by atoms with Gasteiger partial charge in [0.2, 0.25) is 0 Å². The van der Waals surface area contributed by atoms with Gasteiger partial charge in [-0.3, -0.25) is 9.69 Å². The maximum atomic E-state index is 12.4. The summed E-state index contributed by atoms with van der Waals surface area (Å²) in [5, 5.41) is 0. The molecular formula is C16H23NO. The van der Waals surface area contributed by atoms with Crippen LogP contribution in [0.5, 0.6) is 0 Å². The topological polar surface area (TPSA) is 20.3 Å². The normalized spacial score (nSPS) is 26.2. The molecule has 1 aliphatic heterocycles. The summed E-state index contributed by atoms with van der Waals surface area (Å²) >= 11 is 0. The monoisotopic (exact) mass is 245 g/mol. The Morgan fingerprint density at radius 1 is 1.17 bits per heavy atom. The van der Waals surface area contributed by atoms with E-state index >= 15 is 0 Å². The van der Waals surface area contributed by atoms with Crippen LogP contribution in [0, 0.1) is 18.8 Å². The number of nitrogens with zero attached hydrogens (tertiary/aromatic N) is 1. The molecule has 3 unspecified atom stereocenters. The van der Waals surface area contributed by atoms with Crippen molar-refractivity contribution < 1.29 is 4.79 Å². The Hall–Kier alpha value is -1.15. The predicted octanol–water partition coefficient (Wildman–Crippen LogP) is 3.15. The van der Waals surface area contributed by atoms with Crippen LogP contribution in [-0.2, 0) is 0 Å². The molecule has 0 N–H and O–H groups in total. The average Bonchev–Trinajstić information content (AvgIpc) is 2.69. The Bertz CT molecular complexity index is 413. The Kier molecular flexibility index (Phi) is 3.86. The van der Waals surface area contributed by atoms with Gasteiger partial charge in [-0.2, -0.15) is 0 Å². The highest BCUT2D eigenvalue weighted by molar-refractivity contribution is 5.99. The number of carbonyl (C=O) groups is 1. The first kappa shape index (κ1) is 13.3. The molecule has 0 spiro atoms. The van der Waals surface area contributed by atoms with Gasteiger partial charge in [0.25, 0.3) is 0 Å². The fourth-order valence-electron chi connectivity index (χ4n) is 2.62. The van der Waals surface area contributed by atoms with E-state index in [1.807, 2.05) is 38.1 Å². The van der Waals surface area contributed by atoms with Crippen LogP contribution in [0.25, 0.3) is 0 Å². The molecular weight excluding hydrogens is 222 g/mol. The second kappa shape index (κ2) is 5.23. The Morgan fingerprint density at radius 3 is 2.17 bits per heavy atom. The molecule has 1 fully saturated rings. The first-order chi connectivity index (χ1) is 8.49. The van der Waals surface area contributed by atoms with Crippen molar-refractivity contribution in [1.29, 1.82) is 0 Å². The lowest BCUT2D eigenvalue weighted by molar-refractivity contribution is 0.0861. The van der Waals surface area contributed by atoms with Gasteiger partial charge in [0.1, 0.15) is 0 Å². The molecule has 0 radical (unpaired) electrons. The number of hydrogen-bond acceptors (Lipinski definition) is 2. The third kappa shape index (κ3) is 2.64. The van der Waals surface area contributed by atoms with Crippen LogP contribution in [0.3, 0.4) is 0 Å². The van der Waals surface area contributed by atoms with E-state index < -0.39 is 0 Å². The summed E-state index contributed by atoms with van der Waals surface area (Å²) in [5.41, 5.74) is 2.03. The van der Waals surface area contributed by atoms with E-state index in [9.17, 15) is 4.79 Å². The van der Waals surface area contributed by atoms with E-state index in [2.05, 4.69) is 18.7 Å². The molecule has 2 nitrogen and oxygen atoms in total. The highest BCUT2D eigenvalue weighted by Crippen LogP contribution is 2.25. The van der Waals surface area contributed by atoms with Gasteiger partial charge in [0.15, 0.2) is 5.78 Å². The molecule has 0 aromatic heterocycles. The number of hydrogen-bond donors (Lipinski definition) is 0. The first-order valence-corrected chi connectivity index (χ1v) is 6.84. The second-order valence-corrected chi connectivity index (χ2v) is 5.81. The van der Waals surface area contributed by atoms with E-state index in [1.165, 1.54) is 5.56 Å². The number of Topliss-reactive ketones (excluding diaryl/α,β-unsaturated/α-hetero) is 1. The smallest absolute Gasteiger partial charge is 0.179 e. The average molecular weight is 245 g/mol. The minimum absolute atomic E-state index is 0.0000983. The van der Waals surface area contributed by atoms with Gasteiger partial charge in [0, 0.05) is 18.7 Å². The molecule has 2 rings (SSSR count). The fraction of sp³-hybridized carbons (Fsp3) is 0.562. The van der Waals surface area contributed by atoms with Crippen molar-refractivity contribution in [2.45, 2.75) is 33.7 Å². The number of benzene rings is 1. The van der Waals surface area contributed by atoms with Gasteiger partial charge < -0.3 is 0 Å². The molecule has 0 bridgehead atoms. The summed E-state index contributed by atoms with van der Waals surface area (Å²) in [4.78, 5) is 14.7. The molecule has 1 saturated heterocycles. The molecule has 2 heteroatoms. The van der Waals surface area contributed by atoms with Gasteiger partial charge in [-0.05, 0) is 25.7 Å². The third-order valence-corrected chi connectivity index (χ3v) is 4.28. The number of aryl methyl sites for hydroxylation is 1. The minimum atomic E-state index is 0.0000983. The molecule has 1 heterocycles. The zero-order valence-corrected chi connectivity index (χ0v) is 11.8. The number of ketones is 1. The van der Waals surface area contributed by atoms with E-state index in [0.717, 1.165) is 18.7 Å². The van der Waals surface area contributed by atoms with Crippen LogP contribution in [0.4, 0.5) is 0 Å². The molecule has 18 heavy (non-hydrogen) atoms. The van der Waals surface area contributed by atoms with E-state index in [1.54, 1.807) is 0 Å². The van der Waals surface area contributed by atoms with Crippen molar-refractivity contribution in [2.24, 2.45) is 11.8 Å². The summed E-state index contributed by atoms with van der Waals surface area (Å²) in [6, 6.07) is 7.90. The highest BCUT2D eigenvalue weighted by atomic mass is 16.1. The number of carbonyl (C=O) groups excluding carboxylic acids is 1. The third-order valence-electron chi connectivity index (χ3n) is 4.28. The Morgan fingerprint density at radius 2 is 1.67 bits per heavy atom. The highest BCUT2D eigenvalue weighted by Gasteiger charge is 2.32. The summed E-state index contributed by atoms with van der Waals surface area (Å²) in [6.45, 7) is 10.7. The van der Waals surface area contributed by atoms with Crippen LogP contribution in [0.15, 0.2) is 24.3 Å². The zero-order chi connectivity index (χ0) is 13.3. The molecule has 0 saturated carbocycles. The first-order valence-electron chi connectivity index (χ1n) is 6.84. The molecule has 1 aromatic rings. The van der Waals surface area contributed by atoms with Gasteiger partial charge in [-0.25, -0.2) is 0 Å². The standard InChI is InChI=1S/C16H23NO/c1-11-5-7-15(8-6-11)16(18)14(4)17-9-12(2)13(3)10-17/h5-8,12-14H,9-10H2,1-4H3. The summed E-state index contributed by atoms with van der Waals surface area (Å²) in [7, 11) is 0. The fourth-order valence-corrected chi connectivity index (χ4v) is 2.62. The van der Waals surface area contributed by atoms with Crippen LogP contribution >= 0.6 is 0 Å². The molecule has 0 amide bonds. The largest absolute Gasteiger partial charge is 0.293 e. The van der Waals surface area contributed by atoms with E-state index in [4.69, 9.17) is 0 Å². The minimum Gasteiger partial charge on any atom is -0.293 e. The maximum Gasteiger partial charge on any atom is 0.179 e. The number of likely N-dealkylation sites (tertiary alicyclic amines) is 1. The summed E-state index contributed by atoms with van der Waals surface area (Å²) < 4.78 is 0. The lowest BCUT2D eigenvalue weighted by Crippen LogP contribution is -2.37. The van der Waals surface area contributed by atoms with Crippen LogP contribution in [0.1, 0.15) is 36.7 Å².